The highest BCUT2D eigenvalue weighted by Crippen LogP contribution is 2.22. The van der Waals surface area contributed by atoms with E-state index in [-0.39, 0.29) is 11.7 Å². The molecule has 0 saturated carbocycles. The Kier molecular flexibility index (Phi) is 4.43. The monoisotopic (exact) mass is 262 g/mol. The summed E-state index contributed by atoms with van der Waals surface area (Å²) in [5.74, 6) is 0.00989. The minimum atomic E-state index is -0.0693. The average Bonchev–Trinajstić information content (AvgIpc) is 2.39. The molecule has 1 aromatic rings. The van der Waals surface area contributed by atoms with Gasteiger partial charge in [-0.15, -0.1) is 0 Å². The van der Waals surface area contributed by atoms with Crippen LogP contribution in [0, 0.1) is 6.92 Å². The predicted octanol–water partition coefficient (Wildman–Crippen LogP) is 1.91. The number of likely N-dealkylation sites (N-methyl/N-ethyl adjacent to an activating group) is 1. The fourth-order valence-corrected chi connectivity index (χ4v) is 2.61. The zero-order valence-corrected chi connectivity index (χ0v) is 11.6. The Morgan fingerprint density at radius 2 is 2.32 bits per heavy atom. The Labute approximate surface area is 114 Å². The van der Waals surface area contributed by atoms with Gasteiger partial charge in [0.25, 0.3) is 5.91 Å². The van der Waals surface area contributed by atoms with Crippen LogP contribution in [0.15, 0.2) is 18.2 Å². The fourth-order valence-electron chi connectivity index (χ4n) is 2.61. The number of nitrogens with zero attached hydrogens (tertiary/aromatic N) is 1. The second-order valence-corrected chi connectivity index (χ2v) is 5.17. The Hall–Kier alpha value is -1.55. The van der Waals surface area contributed by atoms with Crippen LogP contribution in [0.2, 0.25) is 0 Å². The lowest BCUT2D eigenvalue weighted by atomic mass is 10.0. The summed E-state index contributed by atoms with van der Waals surface area (Å²) < 4.78 is 0. The number of aryl methyl sites for hydroxylation is 1. The number of phenols is 1. The molecule has 2 rings (SSSR count). The molecule has 1 aliphatic rings. The lowest BCUT2D eigenvalue weighted by molar-refractivity contribution is 0.0692. The summed E-state index contributed by atoms with van der Waals surface area (Å²) in [6.45, 7) is 6.39. The van der Waals surface area contributed by atoms with E-state index in [0.717, 1.165) is 38.0 Å². The Bertz CT molecular complexity index is 457. The molecule has 0 aliphatic carbocycles. The van der Waals surface area contributed by atoms with E-state index in [1.54, 1.807) is 12.1 Å². The van der Waals surface area contributed by atoms with Crippen molar-refractivity contribution in [3.63, 3.8) is 0 Å². The van der Waals surface area contributed by atoms with Crippen molar-refractivity contribution in [3.05, 3.63) is 29.3 Å². The Morgan fingerprint density at radius 3 is 3.00 bits per heavy atom. The first-order valence-corrected chi connectivity index (χ1v) is 6.94. The van der Waals surface area contributed by atoms with Crippen molar-refractivity contribution in [1.82, 2.24) is 10.2 Å². The minimum Gasteiger partial charge on any atom is -0.507 e. The van der Waals surface area contributed by atoms with E-state index in [0.29, 0.717) is 11.6 Å². The lowest BCUT2D eigenvalue weighted by Crippen LogP contribution is -2.47. The van der Waals surface area contributed by atoms with Crippen molar-refractivity contribution in [2.45, 2.75) is 32.7 Å². The number of benzene rings is 1. The van der Waals surface area contributed by atoms with Crippen molar-refractivity contribution in [2.24, 2.45) is 0 Å². The molecule has 0 radical (unpaired) electrons. The van der Waals surface area contributed by atoms with Gasteiger partial charge in [-0.25, -0.2) is 0 Å². The van der Waals surface area contributed by atoms with Crippen LogP contribution >= 0.6 is 0 Å². The van der Waals surface area contributed by atoms with Crippen molar-refractivity contribution >= 4 is 5.91 Å². The maximum atomic E-state index is 12.4. The van der Waals surface area contributed by atoms with Crippen LogP contribution in [0.4, 0.5) is 0 Å². The molecule has 0 aromatic heterocycles. The Balaban J connectivity index is 2.10. The van der Waals surface area contributed by atoms with Gasteiger partial charge in [0.05, 0.1) is 5.56 Å². The smallest absolute Gasteiger partial charge is 0.257 e. The average molecular weight is 262 g/mol. The third-order valence-electron chi connectivity index (χ3n) is 3.59. The summed E-state index contributed by atoms with van der Waals surface area (Å²) in [5, 5.41) is 13.3. The van der Waals surface area contributed by atoms with E-state index in [2.05, 4.69) is 12.2 Å². The van der Waals surface area contributed by atoms with Gasteiger partial charge in [0.2, 0.25) is 0 Å². The molecule has 1 fully saturated rings. The third-order valence-corrected chi connectivity index (χ3v) is 3.59. The number of phenolic OH excluding ortho intramolecular Hbond substituents is 1. The maximum absolute atomic E-state index is 12.4. The van der Waals surface area contributed by atoms with Gasteiger partial charge < -0.3 is 15.3 Å². The summed E-state index contributed by atoms with van der Waals surface area (Å²) in [6, 6.07) is 5.58. The summed E-state index contributed by atoms with van der Waals surface area (Å²) in [6.07, 6.45) is 2.12. The molecule has 1 heterocycles. The van der Waals surface area contributed by atoms with Crippen LogP contribution < -0.4 is 5.32 Å². The molecule has 1 unspecified atom stereocenters. The number of aromatic hydroxyl groups is 1. The first-order valence-electron chi connectivity index (χ1n) is 6.94. The normalized spacial score (nSPS) is 19.5. The maximum Gasteiger partial charge on any atom is 0.257 e. The zero-order chi connectivity index (χ0) is 13.8. The number of hydrogen-bond donors (Lipinski definition) is 2. The van der Waals surface area contributed by atoms with Gasteiger partial charge in [0.15, 0.2) is 0 Å². The second kappa shape index (κ2) is 6.06. The second-order valence-electron chi connectivity index (χ2n) is 5.17. The number of piperidine rings is 1. The van der Waals surface area contributed by atoms with E-state index in [1.165, 1.54) is 0 Å². The summed E-state index contributed by atoms with van der Waals surface area (Å²) >= 11 is 0. The summed E-state index contributed by atoms with van der Waals surface area (Å²) in [7, 11) is 0. The van der Waals surface area contributed by atoms with Gasteiger partial charge in [-0.2, -0.15) is 0 Å². The van der Waals surface area contributed by atoms with Crippen LogP contribution in [0.5, 0.6) is 5.75 Å². The van der Waals surface area contributed by atoms with Gasteiger partial charge in [0.1, 0.15) is 5.75 Å². The number of carbonyl (C=O) groups is 1. The predicted molar refractivity (Wildman–Crippen MR) is 75.4 cm³/mol. The molecule has 1 aliphatic heterocycles. The van der Waals surface area contributed by atoms with E-state index in [9.17, 15) is 9.90 Å². The molecule has 2 N–H and O–H groups in total. The van der Waals surface area contributed by atoms with Crippen LogP contribution in [0.1, 0.15) is 35.7 Å². The van der Waals surface area contributed by atoms with Crippen molar-refractivity contribution in [2.75, 3.05) is 19.6 Å². The highest BCUT2D eigenvalue weighted by Gasteiger charge is 2.25. The highest BCUT2D eigenvalue weighted by molar-refractivity contribution is 5.97. The van der Waals surface area contributed by atoms with Gasteiger partial charge in [-0.05, 0) is 44.0 Å². The summed E-state index contributed by atoms with van der Waals surface area (Å²) in [4.78, 5) is 14.3. The molecular weight excluding hydrogens is 240 g/mol. The molecule has 0 spiro atoms. The first-order chi connectivity index (χ1) is 9.11. The molecule has 1 atom stereocenters. The largest absolute Gasteiger partial charge is 0.507 e. The van der Waals surface area contributed by atoms with Crippen LogP contribution in [0.25, 0.3) is 0 Å². The topological polar surface area (TPSA) is 52.6 Å². The molecule has 19 heavy (non-hydrogen) atoms. The van der Waals surface area contributed by atoms with E-state index >= 15 is 0 Å². The van der Waals surface area contributed by atoms with E-state index in [1.807, 2.05) is 17.9 Å². The highest BCUT2D eigenvalue weighted by atomic mass is 16.3. The van der Waals surface area contributed by atoms with Gasteiger partial charge in [0, 0.05) is 19.1 Å². The quantitative estimate of drug-likeness (QED) is 0.875. The van der Waals surface area contributed by atoms with Crippen LogP contribution in [-0.2, 0) is 0 Å². The molecule has 1 saturated heterocycles. The minimum absolute atomic E-state index is 0.0693. The standard InChI is InChI=1S/C15H22N2O2/c1-3-16-12-5-4-8-17(10-12)15(19)13-7-6-11(2)9-14(13)18/h6-7,9,12,16,18H,3-5,8,10H2,1-2H3. The molecule has 104 valence electrons. The SMILES string of the molecule is CCNC1CCCN(C(=O)c2ccc(C)cc2O)C1. The van der Waals surface area contributed by atoms with Crippen LogP contribution in [0.3, 0.4) is 0 Å². The van der Waals surface area contributed by atoms with E-state index < -0.39 is 0 Å². The number of carbonyl (C=O) groups excluding carboxylic acids is 1. The molecule has 0 bridgehead atoms. The fraction of sp³-hybridized carbons (Fsp3) is 0.533. The van der Waals surface area contributed by atoms with E-state index in [4.69, 9.17) is 0 Å². The first kappa shape index (κ1) is 13.9. The number of rotatable bonds is 3. The van der Waals surface area contributed by atoms with Gasteiger partial charge >= 0.3 is 0 Å². The number of likely N-dealkylation sites (tertiary alicyclic amines) is 1. The number of amides is 1. The Morgan fingerprint density at radius 1 is 1.53 bits per heavy atom. The molecule has 1 aromatic carbocycles. The summed E-state index contributed by atoms with van der Waals surface area (Å²) in [5.41, 5.74) is 1.36. The third kappa shape index (κ3) is 3.26. The zero-order valence-electron chi connectivity index (χ0n) is 11.6. The lowest BCUT2D eigenvalue weighted by Gasteiger charge is -2.33. The number of hydrogen-bond acceptors (Lipinski definition) is 3. The molecule has 4 nitrogen and oxygen atoms in total. The molecule has 4 heteroatoms. The molecular formula is C15H22N2O2. The van der Waals surface area contributed by atoms with Crippen molar-refractivity contribution in [1.29, 1.82) is 0 Å². The number of nitrogens with one attached hydrogen (secondary N) is 1. The van der Waals surface area contributed by atoms with Crippen molar-refractivity contribution < 1.29 is 9.90 Å². The van der Waals surface area contributed by atoms with Crippen LogP contribution in [-0.4, -0.2) is 41.6 Å². The van der Waals surface area contributed by atoms with Crippen molar-refractivity contribution in [3.8, 4) is 5.75 Å². The van der Waals surface area contributed by atoms with Gasteiger partial charge in [-0.1, -0.05) is 13.0 Å². The van der Waals surface area contributed by atoms with Gasteiger partial charge in [-0.3, -0.25) is 4.79 Å². The molecule has 1 amide bonds.